The van der Waals surface area contributed by atoms with Crippen LogP contribution < -0.4 is 11.1 Å². The van der Waals surface area contributed by atoms with E-state index in [9.17, 15) is 4.79 Å². The zero-order chi connectivity index (χ0) is 15.8. The first-order valence-electron chi connectivity index (χ1n) is 9.39. The minimum atomic E-state index is 0. The molecule has 1 saturated carbocycles. The van der Waals surface area contributed by atoms with E-state index >= 15 is 0 Å². The number of nitrogens with one attached hydrogen (secondary N) is 1. The molecule has 0 aromatic carbocycles. The zero-order valence-electron chi connectivity index (χ0n) is 15.2. The summed E-state index contributed by atoms with van der Waals surface area (Å²) in [6, 6.07) is 0.379. The van der Waals surface area contributed by atoms with Crippen molar-refractivity contribution in [1.82, 2.24) is 10.2 Å². The summed E-state index contributed by atoms with van der Waals surface area (Å²) >= 11 is 0. The Hall–Kier alpha value is -0.0300. The van der Waals surface area contributed by atoms with Gasteiger partial charge in [-0.15, -0.1) is 24.8 Å². The van der Waals surface area contributed by atoms with E-state index in [1.54, 1.807) is 0 Å². The predicted molar refractivity (Wildman–Crippen MR) is 106 cm³/mol. The molecule has 0 spiro atoms. The van der Waals surface area contributed by atoms with Gasteiger partial charge in [-0.2, -0.15) is 0 Å². The number of halogens is 2. The molecule has 1 saturated heterocycles. The number of rotatable bonds is 7. The molecule has 1 aliphatic heterocycles. The normalized spacial score (nSPS) is 21.4. The monoisotopic (exact) mass is 381 g/mol. The van der Waals surface area contributed by atoms with E-state index in [4.69, 9.17) is 5.73 Å². The SMILES string of the molecule is CCCCN1CCC(NC(=O)CC2(CN)CCCCC2)CC1.Cl.Cl. The largest absolute Gasteiger partial charge is 0.353 e. The minimum absolute atomic E-state index is 0. The zero-order valence-corrected chi connectivity index (χ0v) is 16.9. The van der Waals surface area contributed by atoms with Gasteiger partial charge in [0.15, 0.2) is 0 Å². The first-order valence-corrected chi connectivity index (χ1v) is 9.39. The molecule has 2 fully saturated rings. The maximum atomic E-state index is 12.4. The van der Waals surface area contributed by atoms with Crippen LogP contribution >= 0.6 is 24.8 Å². The van der Waals surface area contributed by atoms with E-state index in [1.165, 1.54) is 38.6 Å². The smallest absolute Gasteiger partial charge is 0.220 e. The maximum absolute atomic E-state index is 12.4. The van der Waals surface area contributed by atoms with Gasteiger partial charge in [0.05, 0.1) is 0 Å². The molecule has 2 rings (SSSR count). The average Bonchev–Trinajstić information content (AvgIpc) is 2.55. The molecule has 24 heavy (non-hydrogen) atoms. The van der Waals surface area contributed by atoms with E-state index in [0.29, 0.717) is 19.0 Å². The average molecular weight is 382 g/mol. The molecule has 6 heteroatoms. The molecule has 3 N–H and O–H groups in total. The van der Waals surface area contributed by atoms with Crippen LogP contribution in [0.2, 0.25) is 0 Å². The molecule has 4 nitrogen and oxygen atoms in total. The van der Waals surface area contributed by atoms with Crippen LogP contribution in [-0.2, 0) is 4.79 Å². The van der Waals surface area contributed by atoms with Gasteiger partial charge in [0.2, 0.25) is 5.91 Å². The van der Waals surface area contributed by atoms with Crippen molar-refractivity contribution in [2.45, 2.75) is 77.2 Å². The molecule has 2 aliphatic rings. The highest BCUT2D eigenvalue weighted by Gasteiger charge is 2.33. The summed E-state index contributed by atoms with van der Waals surface area (Å²) in [6.07, 6.45) is 11.4. The lowest BCUT2D eigenvalue weighted by atomic mass is 9.71. The van der Waals surface area contributed by atoms with Gasteiger partial charge in [0.25, 0.3) is 0 Å². The standard InChI is InChI=1S/C18H35N3O.2ClH/c1-2-3-11-21-12-7-16(8-13-21)20-17(22)14-18(15-19)9-5-4-6-10-18;;/h16H,2-15,19H2,1H3,(H,20,22);2*1H. The summed E-state index contributed by atoms with van der Waals surface area (Å²) in [5, 5.41) is 3.28. The Morgan fingerprint density at radius 1 is 1.17 bits per heavy atom. The lowest BCUT2D eigenvalue weighted by Crippen LogP contribution is -2.46. The second-order valence-electron chi connectivity index (χ2n) is 7.48. The summed E-state index contributed by atoms with van der Waals surface area (Å²) in [4.78, 5) is 15.0. The number of carbonyl (C=O) groups is 1. The molecule has 0 radical (unpaired) electrons. The molecule has 1 aliphatic carbocycles. The van der Waals surface area contributed by atoms with Gasteiger partial charge in [-0.1, -0.05) is 32.6 Å². The Morgan fingerprint density at radius 3 is 2.33 bits per heavy atom. The number of nitrogens with zero attached hydrogens (tertiary/aromatic N) is 1. The fourth-order valence-electron chi connectivity index (χ4n) is 4.06. The molecule has 1 amide bonds. The Bertz CT molecular complexity index is 341. The lowest BCUT2D eigenvalue weighted by molar-refractivity contribution is -0.124. The van der Waals surface area contributed by atoms with Crippen LogP contribution in [0.25, 0.3) is 0 Å². The number of likely N-dealkylation sites (tertiary alicyclic amines) is 1. The van der Waals surface area contributed by atoms with Crippen molar-refractivity contribution in [2.24, 2.45) is 11.1 Å². The number of nitrogens with two attached hydrogens (primary N) is 1. The number of amides is 1. The number of carbonyl (C=O) groups excluding carboxylic acids is 1. The molecule has 0 unspecified atom stereocenters. The number of piperidine rings is 1. The van der Waals surface area contributed by atoms with Crippen molar-refractivity contribution in [2.75, 3.05) is 26.2 Å². The van der Waals surface area contributed by atoms with Crippen LogP contribution in [0.3, 0.4) is 0 Å². The lowest BCUT2D eigenvalue weighted by Gasteiger charge is -2.37. The first-order chi connectivity index (χ1) is 10.7. The van der Waals surface area contributed by atoms with Crippen LogP contribution in [0.4, 0.5) is 0 Å². The molecule has 0 atom stereocenters. The molecule has 144 valence electrons. The molecule has 0 bridgehead atoms. The first kappa shape index (κ1) is 24.0. The number of unbranched alkanes of at least 4 members (excludes halogenated alkanes) is 1. The van der Waals surface area contributed by atoms with E-state index < -0.39 is 0 Å². The minimum Gasteiger partial charge on any atom is -0.353 e. The predicted octanol–water partition coefficient (Wildman–Crippen LogP) is 3.51. The molecular weight excluding hydrogens is 345 g/mol. The highest BCUT2D eigenvalue weighted by molar-refractivity contribution is 5.85. The quantitative estimate of drug-likeness (QED) is 0.709. The molecular formula is C18H37Cl2N3O. The molecule has 1 heterocycles. The number of hydrogen-bond donors (Lipinski definition) is 2. The Labute approximate surface area is 160 Å². The Kier molecular flexibility index (Phi) is 12.3. The summed E-state index contributed by atoms with van der Waals surface area (Å²) in [6.45, 7) is 6.38. The van der Waals surface area contributed by atoms with E-state index in [2.05, 4.69) is 17.1 Å². The van der Waals surface area contributed by atoms with E-state index in [1.807, 2.05) is 0 Å². The van der Waals surface area contributed by atoms with Gasteiger partial charge in [0, 0.05) is 25.6 Å². The van der Waals surface area contributed by atoms with Crippen LogP contribution in [0, 0.1) is 5.41 Å². The van der Waals surface area contributed by atoms with Crippen LogP contribution in [0.5, 0.6) is 0 Å². The van der Waals surface area contributed by atoms with Crippen molar-refractivity contribution in [3.8, 4) is 0 Å². The fourth-order valence-corrected chi connectivity index (χ4v) is 4.06. The van der Waals surface area contributed by atoms with Crippen LogP contribution in [-0.4, -0.2) is 43.0 Å². The van der Waals surface area contributed by atoms with Crippen molar-refractivity contribution in [1.29, 1.82) is 0 Å². The van der Waals surface area contributed by atoms with Crippen LogP contribution in [0.1, 0.15) is 71.1 Å². The second-order valence-corrected chi connectivity index (χ2v) is 7.48. The topological polar surface area (TPSA) is 58.4 Å². The van der Waals surface area contributed by atoms with Gasteiger partial charge >= 0.3 is 0 Å². The summed E-state index contributed by atoms with van der Waals surface area (Å²) in [7, 11) is 0. The second kappa shape index (κ2) is 12.3. The fraction of sp³-hybridized carbons (Fsp3) is 0.944. The summed E-state index contributed by atoms with van der Waals surface area (Å²) in [5.74, 6) is 0.236. The summed E-state index contributed by atoms with van der Waals surface area (Å²) < 4.78 is 0. The highest BCUT2D eigenvalue weighted by Crippen LogP contribution is 2.38. The van der Waals surface area contributed by atoms with Crippen molar-refractivity contribution >= 4 is 30.7 Å². The molecule has 0 aromatic rings. The third-order valence-electron chi connectivity index (χ3n) is 5.66. The highest BCUT2D eigenvalue weighted by atomic mass is 35.5. The van der Waals surface area contributed by atoms with Gasteiger partial charge < -0.3 is 16.0 Å². The van der Waals surface area contributed by atoms with Crippen molar-refractivity contribution in [3.05, 3.63) is 0 Å². The third-order valence-corrected chi connectivity index (χ3v) is 5.66. The maximum Gasteiger partial charge on any atom is 0.220 e. The van der Waals surface area contributed by atoms with Gasteiger partial charge in [-0.25, -0.2) is 0 Å². The molecule has 0 aromatic heterocycles. The number of hydrogen-bond acceptors (Lipinski definition) is 3. The van der Waals surface area contributed by atoms with E-state index in [0.717, 1.165) is 38.8 Å². The third kappa shape index (κ3) is 7.47. The van der Waals surface area contributed by atoms with Crippen molar-refractivity contribution < 1.29 is 4.79 Å². The van der Waals surface area contributed by atoms with Gasteiger partial charge in [-0.05, 0) is 50.6 Å². The van der Waals surface area contributed by atoms with Gasteiger partial charge in [-0.3, -0.25) is 4.79 Å². The van der Waals surface area contributed by atoms with Crippen molar-refractivity contribution in [3.63, 3.8) is 0 Å². The Balaban J connectivity index is 0.00000264. The van der Waals surface area contributed by atoms with Gasteiger partial charge in [0.1, 0.15) is 0 Å². The Morgan fingerprint density at radius 2 is 1.79 bits per heavy atom. The summed E-state index contributed by atoms with van der Waals surface area (Å²) in [5.41, 5.74) is 6.09. The van der Waals surface area contributed by atoms with E-state index in [-0.39, 0.29) is 36.1 Å². The van der Waals surface area contributed by atoms with Crippen LogP contribution in [0.15, 0.2) is 0 Å².